The summed E-state index contributed by atoms with van der Waals surface area (Å²) in [5, 5.41) is 11.0. The van der Waals surface area contributed by atoms with Gasteiger partial charge >= 0.3 is 5.97 Å². The quantitative estimate of drug-likeness (QED) is 0.195. The largest absolute Gasteiger partial charge is 0.493 e. The molecule has 0 spiro atoms. The molecule has 8 nitrogen and oxygen atoms in total. The number of benzene rings is 2. The maximum atomic E-state index is 12.2. The van der Waals surface area contributed by atoms with Crippen LogP contribution in [0.5, 0.6) is 11.5 Å². The van der Waals surface area contributed by atoms with Gasteiger partial charge in [-0.2, -0.15) is 0 Å². The third-order valence-corrected chi connectivity index (χ3v) is 4.89. The molecule has 0 saturated carbocycles. The summed E-state index contributed by atoms with van der Waals surface area (Å²) >= 11 is 7.90. The van der Waals surface area contributed by atoms with Gasteiger partial charge in [-0.1, -0.05) is 11.6 Å². The number of esters is 1. The van der Waals surface area contributed by atoms with Crippen LogP contribution in [-0.4, -0.2) is 31.0 Å². The molecule has 0 aromatic heterocycles. The first-order valence-corrected chi connectivity index (χ1v) is 9.18. The predicted molar refractivity (Wildman–Crippen MR) is 111 cm³/mol. The Balaban J connectivity index is 2.00. The van der Waals surface area contributed by atoms with Gasteiger partial charge in [0.05, 0.1) is 22.7 Å². The lowest BCUT2D eigenvalue weighted by Gasteiger charge is -2.10. The van der Waals surface area contributed by atoms with Gasteiger partial charge in [-0.15, -0.1) is 0 Å². The lowest BCUT2D eigenvalue weighted by molar-refractivity contribution is -0.384. The number of halogens is 2. The second kappa shape index (κ2) is 8.15. The van der Waals surface area contributed by atoms with E-state index in [-0.39, 0.29) is 27.9 Å². The van der Waals surface area contributed by atoms with E-state index in [4.69, 9.17) is 25.8 Å². The van der Waals surface area contributed by atoms with Crippen molar-refractivity contribution in [3.8, 4) is 11.5 Å². The molecule has 1 aliphatic heterocycles. The summed E-state index contributed by atoms with van der Waals surface area (Å²) in [5.41, 5.74) is 0.677. The topological polar surface area (TPSA) is 100 Å². The van der Waals surface area contributed by atoms with Gasteiger partial charge in [0.1, 0.15) is 5.02 Å². The molecule has 0 bridgehead atoms. The number of hydrogen-bond acceptors (Lipinski definition) is 7. The first-order chi connectivity index (χ1) is 13.3. The summed E-state index contributed by atoms with van der Waals surface area (Å²) in [5.74, 6) is 0.380. The van der Waals surface area contributed by atoms with Crippen LogP contribution < -0.4 is 9.47 Å². The van der Waals surface area contributed by atoms with Crippen molar-refractivity contribution in [2.75, 3.05) is 14.2 Å². The van der Waals surface area contributed by atoms with Gasteiger partial charge in [0.25, 0.3) is 5.69 Å². The van der Waals surface area contributed by atoms with Crippen LogP contribution >= 0.6 is 34.2 Å². The van der Waals surface area contributed by atoms with E-state index in [0.29, 0.717) is 17.1 Å². The predicted octanol–water partition coefficient (Wildman–Crippen LogP) is 4.21. The molecule has 1 aliphatic rings. The van der Waals surface area contributed by atoms with Crippen LogP contribution in [0, 0.1) is 13.7 Å². The van der Waals surface area contributed by atoms with E-state index in [0.717, 1.165) is 3.57 Å². The number of aliphatic imine (C=N–C) groups is 1. The Hall–Kier alpha value is -2.66. The number of hydrogen-bond donors (Lipinski definition) is 0. The fourth-order valence-electron chi connectivity index (χ4n) is 2.50. The number of nitrogens with zero attached hydrogens (tertiary/aromatic N) is 2. The van der Waals surface area contributed by atoms with Crippen LogP contribution in [0.4, 0.5) is 5.69 Å². The Morgan fingerprint density at radius 1 is 1.25 bits per heavy atom. The van der Waals surface area contributed by atoms with Crippen LogP contribution in [0.25, 0.3) is 6.08 Å². The number of ether oxygens (including phenoxy) is 3. The summed E-state index contributed by atoms with van der Waals surface area (Å²) in [6, 6.07) is 7.54. The van der Waals surface area contributed by atoms with E-state index in [1.807, 2.05) is 0 Å². The van der Waals surface area contributed by atoms with Crippen molar-refractivity contribution in [2.45, 2.75) is 0 Å². The molecular formula is C18H12ClIN2O6. The second-order valence-corrected chi connectivity index (χ2v) is 7.07. The third kappa shape index (κ3) is 3.94. The third-order valence-electron chi connectivity index (χ3n) is 3.77. The monoisotopic (exact) mass is 514 g/mol. The van der Waals surface area contributed by atoms with E-state index in [1.54, 1.807) is 12.1 Å². The first-order valence-electron chi connectivity index (χ1n) is 7.72. The minimum Gasteiger partial charge on any atom is -0.493 e. The number of cyclic esters (lactones) is 1. The summed E-state index contributed by atoms with van der Waals surface area (Å²) in [7, 11) is 3.05. The Morgan fingerprint density at radius 3 is 2.64 bits per heavy atom. The minimum absolute atomic E-state index is 0.0191. The van der Waals surface area contributed by atoms with E-state index in [9.17, 15) is 14.9 Å². The van der Waals surface area contributed by atoms with E-state index in [1.165, 1.54) is 38.5 Å². The molecule has 10 heteroatoms. The van der Waals surface area contributed by atoms with E-state index in [2.05, 4.69) is 27.6 Å². The van der Waals surface area contributed by atoms with Crippen molar-refractivity contribution in [2.24, 2.45) is 4.99 Å². The fourth-order valence-corrected chi connectivity index (χ4v) is 3.53. The van der Waals surface area contributed by atoms with Crippen molar-refractivity contribution >= 4 is 57.8 Å². The number of methoxy groups -OCH3 is 2. The highest BCUT2D eigenvalue weighted by Gasteiger charge is 2.26. The molecule has 0 radical (unpaired) electrons. The molecule has 0 saturated heterocycles. The number of nitro groups is 1. The Morgan fingerprint density at radius 2 is 2.00 bits per heavy atom. The van der Waals surface area contributed by atoms with Crippen LogP contribution in [0.2, 0.25) is 5.02 Å². The van der Waals surface area contributed by atoms with Crippen molar-refractivity contribution in [3.63, 3.8) is 0 Å². The highest BCUT2D eigenvalue weighted by Crippen LogP contribution is 2.35. The molecular weight excluding hydrogens is 503 g/mol. The van der Waals surface area contributed by atoms with Gasteiger partial charge in [0, 0.05) is 11.6 Å². The molecule has 144 valence electrons. The van der Waals surface area contributed by atoms with Crippen LogP contribution in [0.1, 0.15) is 11.1 Å². The molecule has 0 atom stereocenters. The van der Waals surface area contributed by atoms with Crippen LogP contribution in [0.3, 0.4) is 0 Å². The molecule has 1 heterocycles. The van der Waals surface area contributed by atoms with Crippen LogP contribution in [-0.2, 0) is 9.53 Å². The van der Waals surface area contributed by atoms with Crippen molar-refractivity contribution in [1.29, 1.82) is 0 Å². The number of carbonyl (C=O) groups is 1. The van der Waals surface area contributed by atoms with E-state index >= 15 is 0 Å². The Labute approximate surface area is 178 Å². The minimum atomic E-state index is -0.669. The zero-order valence-electron chi connectivity index (χ0n) is 14.6. The summed E-state index contributed by atoms with van der Waals surface area (Å²) in [6.07, 6.45) is 1.53. The molecule has 0 unspecified atom stereocenters. The smallest absolute Gasteiger partial charge is 0.363 e. The van der Waals surface area contributed by atoms with Gasteiger partial charge in [-0.3, -0.25) is 10.1 Å². The molecule has 0 amide bonds. The Bertz CT molecular complexity index is 1050. The van der Waals surface area contributed by atoms with Crippen molar-refractivity contribution < 1.29 is 23.9 Å². The van der Waals surface area contributed by atoms with E-state index < -0.39 is 10.9 Å². The van der Waals surface area contributed by atoms with Gasteiger partial charge in [0.2, 0.25) is 5.90 Å². The lowest BCUT2D eigenvalue weighted by Crippen LogP contribution is -2.06. The zero-order chi connectivity index (χ0) is 20.4. The molecule has 28 heavy (non-hydrogen) atoms. The average Bonchev–Trinajstić information content (AvgIpc) is 3.01. The molecule has 0 aliphatic carbocycles. The number of nitro benzene ring substituents is 1. The van der Waals surface area contributed by atoms with Gasteiger partial charge < -0.3 is 14.2 Å². The van der Waals surface area contributed by atoms with Gasteiger partial charge in [-0.25, -0.2) is 9.79 Å². The maximum Gasteiger partial charge on any atom is 0.363 e. The van der Waals surface area contributed by atoms with Crippen molar-refractivity contribution in [1.82, 2.24) is 0 Å². The highest BCUT2D eigenvalue weighted by atomic mass is 127. The lowest BCUT2D eigenvalue weighted by atomic mass is 10.1. The highest BCUT2D eigenvalue weighted by molar-refractivity contribution is 14.1. The molecule has 3 rings (SSSR count). The van der Waals surface area contributed by atoms with Gasteiger partial charge in [-0.05, 0) is 58.5 Å². The molecule has 2 aromatic rings. The zero-order valence-corrected chi connectivity index (χ0v) is 17.5. The Kier molecular flexibility index (Phi) is 5.84. The van der Waals surface area contributed by atoms with Crippen molar-refractivity contribution in [3.05, 3.63) is 65.9 Å². The molecule has 0 fully saturated rings. The standard InChI is InChI=1S/C18H12ClIN2O6/c1-26-15-7-9(5-12(20)16(15)27-2)6-13-18(23)28-17(21-13)10-3-4-11(19)14(8-10)22(24)25/h3-8H,1-2H3/b13-6-. The first kappa shape index (κ1) is 20.1. The summed E-state index contributed by atoms with van der Waals surface area (Å²) in [4.78, 5) is 26.8. The average molecular weight is 515 g/mol. The summed E-state index contributed by atoms with van der Waals surface area (Å²) in [6.45, 7) is 0. The maximum absolute atomic E-state index is 12.2. The molecule has 0 N–H and O–H groups in total. The number of rotatable bonds is 5. The van der Waals surface area contributed by atoms with Crippen LogP contribution in [0.15, 0.2) is 41.0 Å². The second-order valence-electron chi connectivity index (χ2n) is 5.50. The number of carbonyl (C=O) groups excluding carboxylic acids is 1. The summed E-state index contributed by atoms with van der Waals surface area (Å²) < 4.78 is 16.5. The normalized spacial score (nSPS) is 14.6. The molecule has 2 aromatic carbocycles. The SMILES string of the molecule is COc1cc(/C=C2\N=C(c3ccc(Cl)c([N+](=O)[O-])c3)OC2=O)cc(I)c1OC. The fraction of sp³-hybridized carbons (Fsp3) is 0.111. The van der Waals surface area contributed by atoms with Gasteiger partial charge in [0.15, 0.2) is 17.2 Å².